The summed E-state index contributed by atoms with van der Waals surface area (Å²) in [6.45, 7) is 4.48. The van der Waals surface area contributed by atoms with Crippen LogP contribution in [0.1, 0.15) is 63.5 Å². The van der Waals surface area contributed by atoms with Crippen LogP contribution in [0.3, 0.4) is 0 Å². The van der Waals surface area contributed by atoms with Crippen LogP contribution in [0, 0.1) is 0 Å². The van der Waals surface area contributed by atoms with E-state index in [0.717, 1.165) is 6.42 Å². The van der Waals surface area contributed by atoms with Crippen LogP contribution in [0.4, 0.5) is 0 Å². The summed E-state index contributed by atoms with van der Waals surface area (Å²) in [5.41, 5.74) is 2.93. The summed E-state index contributed by atoms with van der Waals surface area (Å²) < 4.78 is 0. The highest BCUT2D eigenvalue weighted by atomic mass is 14.6. The molecule has 1 heteroatoms. The van der Waals surface area contributed by atoms with Crippen LogP contribution in [0.2, 0.25) is 0 Å². The lowest BCUT2D eigenvalue weighted by atomic mass is 10.0. The smallest absolute Gasteiger partial charge is 0.0302 e. The quantitative estimate of drug-likeness (QED) is 0.585. The molecule has 0 fully saturated rings. The molecule has 1 heterocycles. The topological polar surface area (TPSA) is 12.9 Å². The lowest BCUT2D eigenvalue weighted by Crippen LogP contribution is -1.94. The molecule has 1 rings (SSSR count). The van der Waals surface area contributed by atoms with E-state index in [9.17, 15) is 0 Å². The zero-order valence-electron chi connectivity index (χ0n) is 10.8. The molecule has 0 N–H and O–H groups in total. The Kier molecular flexibility index (Phi) is 6.87. The third-order valence-corrected chi connectivity index (χ3v) is 3.19. The summed E-state index contributed by atoms with van der Waals surface area (Å²) in [6, 6.07) is 2.19. The van der Waals surface area contributed by atoms with E-state index < -0.39 is 0 Å². The number of aromatic nitrogens is 1. The van der Waals surface area contributed by atoms with Gasteiger partial charge in [0.15, 0.2) is 0 Å². The van der Waals surface area contributed by atoms with Gasteiger partial charge in [-0.15, -0.1) is 0 Å². The van der Waals surface area contributed by atoms with Gasteiger partial charge in [0.05, 0.1) is 0 Å². The van der Waals surface area contributed by atoms with E-state index in [2.05, 4.69) is 24.9 Å². The van der Waals surface area contributed by atoms with Gasteiger partial charge in [-0.2, -0.15) is 0 Å². The summed E-state index contributed by atoms with van der Waals surface area (Å²) in [7, 11) is 0. The summed E-state index contributed by atoms with van der Waals surface area (Å²) >= 11 is 0. The summed E-state index contributed by atoms with van der Waals surface area (Å²) in [5, 5.41) is 0. The Morgan fingerprint density at radius 2 is 1.69 bits per heavy atom. The largest absolute Gasteiger partial charge is 0.264 e. The molecule has 0 spiro atoms. The molecule has 1 nitrogen and oxygen atoms in total. The molecule has 1 aromatic heterocycles. The van der Waals surface area contributed by atoms with Crippen molar-refractivity contribution in [3.8, 4) is 0 Å². The molecule has 0 atom stereocenters. The molecule has 1 aromatic rings. The third kappa shape index (κ3) is 4.78. The first-order valence-electron chi connectivity index (χ1n) is 6.80. The summed E-state index contributed by atoms with van der Waals surface area (Å²) in [4.78, 5) is 4.18. The van der Waals surface area contributed by atoms with Crippen molar-refractivity contribution < 1.29 is 0 Å². The monoisotopic (exact) mass is 219 g/mol. The van der Waals surface area contributed by atoms with Crippen molar-refractivity contribution in [3.05, 3.63) is 29.6 Å². The first kappa shape index (κ1) is 13.2. The highest BCUT2D eigenvalue weighted by Crippen LogP contribution is 2.13. The molecule has 0 amide bonds. The van der Waals surface area contributed by atoms with Crippen molar-refractivity contribution >= 4 is 0 Å². The SMILES string of the molecule is CCCCCCCCc1ccncc1CC. The average Bonchev–Trinajstić information content (AvgIpc) is 2.34. The molecule has 0 bridgehead atoms. The molecule has 16 heavy (non-hydrogen) atoms. The van der Waals surface area contributed by atoms with Crippen molar-refractivity contribution in [2.45, 2.75) is 65.2 Å². The molecular formula is C15H25N. The molecular weight excluding hydrogens is 194 g/mol. The van der Waals surface area contributed by atoms with E-state index >= 15 is 0 Å². The Bertz CT molecular complexity index is 281. The van der Waals surface area contributed by atoms with Crippen LogP contribution in [-0.4, -0.2) is 4.98 Å². The maximum Gasteiger partial charge on any atom is 0.0302 e. The van der Waals surface area contributed by atoms with Gasteiger partial charge in [-0.1, -0.05) is 46.0 Å². The zero-order chi connectivity index (χ0) is 11.6. The Labute approximate surface area is 100 Å². The molecule has 0 aliphatic rings. The van der Waals surface area contributed by atoms with Crippen LogP contribution in [-0.2, 0) is 12.8 Å². The first-order chi connectivity index (χ1) is 7.88. The van der Waals surface area contributed by atoms with Crippen molar-refractivity contribution in [3.63, 3.8) is 0 Å². The van der Waals surface area contributed by atoms with Crippen molar-refractivity contribution in [2.75, 3.05) is 0 Å². The Morgan fingerprint density at radius 1 is 0.938 bits per heavy atom. The van der Waals surface area contributed by atoms with E-state index in [4.69, 9.17) is 0 Å². The summed E-state index contributed by atoms with van der Waals surface area (Å²) in [6.07, 6.45) is 14.6. The molecule has 0 aliphatic heterocycles. The van der Waals surface area contributed by atoms with Crippen LogP contribution < -0.4 is 0 Å². The number of nitrogens with zero attached hydrogens (tertiary/aromatic N) is 1. The minimum absolute atomic E-state index is 1.11. The van der Waals surface area contributed by atoms with Crippen molar-refractivity contribution in [2.24, 2.45) is 0 Å². The van der Waals surface area contributed by atoms with Crippen LogP contribution in [0.5, 0.6) is 0 Å². The second kappa shape index (κ2) is 8.32. The number of aryl methyl sites for hydroxylation is 2. The fourth-order valence-electron chi connectivity index (χ4n) is 2.11. The number of hydrogen-bond donors (Lipinski definition) is 0. The van der Waals surface area contributed by atoms with Gasteiger partial charge in [0, 0.05) is 12.4 Å². The molecule has 0 unspecified atom stereocenters. The van der Waals surface area contributed by atoms with Gasteiger partial charge in [0.25, 0.3) is 0 Å². The maximum absolute atomic E-state index is 4.18. The molecule has 0 radical (unpaired) electrons. The number of hydrogen-bond acceptors (Lipinski definition) is 1. The van der Waals surface area contributed by atoms with E-state index in [0.29, 0.717) is 0 Å². The lowest BCUT2D eigenvalue weighted by molar-refractivity contribution is 0.606. The highest BCUT2D eigenvalue weighted by molar-refractivity contribution is 5.23. The third-order valence-electron chi connectivity index (χ3n) is 3.19. The molecule has 0 aliphatic carbocycles. The minimum Gasteiger partial charge on any atom is -0.264 e. The zero-order valence-corrected chi connectivity index (χ0v) is 10.8. The average molecular weight is 219 g/mol. The van der Waals surface area contributed by atoms with Gasteiger partial charge in [-0.3, -0.25) is 4.98 Å². The molecule has 0 saturated carbocycles. The van der Waals surface area contributed by atoms with Gasteiger partial charge in [-0.05, 0) is 36.5 Å². The highest BCUT2D eigenvalue weighted by Gasteiger charge is 1.99. The maximum atomic E-state index is 4.18. The van der Waals surface area contributed by atoms with E-state index in [1.165, 1.54) is 56.1 Å². The number of rotatable bonds is 8. The van der Waals surface area contributed by atoms with E-state index in [1.807, 2.05) is 12.4 Å². The Balaban J connectivity index is 2.21. The van der Waals surface area contributed by atoms with Crippen LogP contribution in [0.25, 0.3) is 0 Å². The Hall–Kier alpha value is -0.850. The Morgan fingerprint density at radius 3 is 2.44 bits per heavy atom. The van der Waals surface area contributed by atoms with Gasteiger partial charge in [-0.25, -0.2) is 0 Å². The number of unbranched alkanes of at least 4 members (excludes halogenated alkanes) is 5. The van der Waals surface area contributed by atoms with Gasteiger partial charge < -0.3 is 0 Å². The molecule has 90 valence electrons. The fraction of sp³-hybridized carbons (Fsp3) is 0.667. The van der Waals surface area contributed by atoms with Crippen molar-refractivity contribution in [1.82, 2.24) is 4.98 Å². The predicted molar refractivity (Wildman–Crippen MR) is 70.7 cm³/mol. The molecule has 0 aromatic carbocycles. The second-order valence-electron chi connectivity index (χ2n) is 4.52. The first-order valence-corrected chi connectivity index (χ1v) is 6.80. The lowest BCUT2D eigenvalue weighted by Gasteiger charge is -2.06. The standard InChI is InChI=1S/C15H25N/c1-3-5-6-7-8-9-10-15-11-12-16-13-14(15)4-2/h11-13H,3-10H2,1-2H3. The van der Waals surface area contributed by atoms with E-state index in [1.54, 1.807) is 0 Å². The van der Waals surface area contributed by atoms with Crippen molar-refractivity contribution in [1.29, 1.82) is 0 Å². The van der Waals surface area contributed by atoms with Crippen LogP contribution >= 0.6 is 0 Å². The predicted octanol–water partition coefficient (Wildman–Crippen LogP) is 4.55. The number of pyridine rings is 1. The summed E-state index contributed by atoms with van der Waals surface area (Å²) in [5.74, 6) is 0. The van der Waals surface area contributed by atoms with Gasteiger partial charge in [0.1, 0.15) is 0 Å². The van der Waals surface area contributed by atoms with Gasteiger partial charge in [0.2, 0.25) is 0 Å². The normalized spacial score (nSPS) is 10.6. The fourth-order valence-corrected chi connectivity index (χ4v) is 2.11. The van der Waals surface area contributed by atoms with E-state index in [-0.39, 0.29) is 0 Å². The van der Waals surface area contributed by atoms with Crippen LogP contribution in [0.15, 0.2) is 18.5 Å². The second-order valence-corrected chi connectivity index (χ2v) is 4.52. The molecule has 0 saturated heterocycles. The minimum atomic E-state index is 1.11. The van der Waals surface area contributed by atoms with Gasteiger partial charge >= 0.3 is 0 Å².